The van der Waals surface area contributed by atoms with Crippen molar-refractivity contribution in [3.05, 3.63) is 36.2 Å². The van der Waals surface area contributed by atoms with Crippen molar-refractivity contribution < 1.29 is 19.4 Å². The summed E-state index contributed by atoms with van der Waals surface area (Å²) in [6, 6.07) is 3.99. The molecule has 8 nitrogen and oxygen atoms in total. The van der Waals surface area contributed by atoms with Crippen molar-refractivity contribution >= 4 is 17.7 Å². The minimum Gasteiger partial charge on any atom is -0.478 e. The van der Waals surface area contributed by atoms with Crippen LogP contribution in [0.3, 0.4) is 0 Å². The standard InChI is InChI=1S/C21H28N4O4/c26-20(27)13-16-6-11-23(12-7-16)14-18-15-25(21(28)29-18)19-3-1-2-10-24(19)17-4-8-22-9-5-17/h4-5,8-9,13,18-19H,1-3,6-7,10-12,14-15H2,(H,26,27). The summed E-state index contributed by atoms with van der Waals surface area (Å²) in [6.07, 6.45) is 9.22. The van der Waals surface area contributed by atoms with Gasteiger partial charge >= 0.3 is 12.1 Å². The maximum atomic E-state index is 12.6. The van der Waals surface area contributed by atoms with Gasteiger partial charge in [0.25, 0.3) is 0 Å². The second-order valence-electron chi connectivity index (χ2n) is 7.97. The third-order valence-corrected chi connectivity index (χ3v) is 6.02. The van der Waals surface area contributed by atoms with Gasteiger partial charge in [0.05, 0.1) is 6.54 Å². The zero-order valence-corrected chi connectivity index (χ0v) is 16.6. The topological polar surface area (TPSA) is 86.2 Å². The molecule has 1 N–H and O–H groups in total. The lowest BCUT2D eigenvalue weighted by Gasteiger charge is -2.41. The van der Waals surface area contributed by atoms with E-state index in [1.807, 2.05) is 17.0 Å². The molecule has 4 rings (SSSR count). The molecule has 0 aromatic carbocycles. The van der Waals surface area contributed by atoms with Crippen molar-refractivity contribution in [2.75, 3.05) is 37.6 Å². The van der Waals surface area contributed by atoms with Crippen molar-refractivity contribution in [1.82, 2.24) is 14.8 Å². The third kappa shape index (κ3) is 4.70. The van der Waals surface area contributed by atoms with Gasteiger partial charge in [-0.25, -0.2) is 9.59 Å². The number of piperidine rings is 2. The third-order valence-electron chi connectivity index (χ3n) is 6.02. The van der Waals surface area contributed by atoms with E-state index in [1.54, 1.807) is 12.4 Å². The predicted molar refractivity (Wildman–Crippen MR) is 108 cm³/mol. The van der Waals surface area contributed by atoms with E-state index in [9.17, 15) is 9.59 Å². The van der Waals surface area contributed by atoms with Gasteiger partial charge in [0.15, 0.2) is 0 Å². The fourth-order valence-corrected chi connectivity index (χ4v) is 4.58. The summed E-state index contributed by atoms with van der Waals surface area (Å²) in [5.74, 6) is -0.875. The van der Waals surface area contributed by atoms with Crippen LogP contribution in [0.2, 0.25) is 0 Å². The number of amides is 1. The number of cyclic esters (lactones) is 1. The molecule has 0 spiro atoms. The van der Waals surface area contributed by atoms with Crippen LogP contribution >= 0.6 is 0 Å². The van der Waals surface area contributed by atoms with Gasteiger partial charge < -0.3 is 14.7 Å². The van der Waals surface area contributed by atoms with E-state index in [4.69, 9.17) is 9.84 Å². The number of rotatable bonds is 5. The molecule has 3 aliphatic rings. The van der Waals surface area contributed by atoms with E-state index in [-0.39, 0.29) is 18.4 Å². The molecule has 3 fully saturated rings. The van der Waals surface area contributed by atoms with Crippen LogP contribution < -0.4 is 4.90 Å². The molecule has 2 unspecified atom stereocenters. The average molecular weight is 400 g/mol. The molecule has 4 heterocycles. The lowest BCUT2D eigenvalue weighted by molar-refractivity contribution is -0.131. The Bertz CT molecular complexity index is 759. The molecule has 1 aromatic rings. The van der Waals surface area contributed by atoms with E-state index >= 15 is 0 Å². The number of nitrogens with zero attached hydrogens (tertiary/aromatic N) is 4. The molecule has 8 heteroatoms. The number of aliphatic carboxylic acids is 1. The average Bonchev–Trinajstić information content (AvgIpc) is 3.09. The normalized spacial score (nSPS) is 25.8. The maximum absolute atomic E-state index is 12.6. The summed E-state index contributed by atoms with van der Waals surface area (Å²) < 4.78 is 5.70. The fraction of sp³-hybridized carbons (Fsp3) is 0.571. The molecular weight excluding hydrogens is 372 g/mol. The number of carboxylic acid groups (broad SMARTS) is 1. The van der Waals surface area contributed by atoms with E-state index in [0.29, 0.717) is 13.1 Å². The molecule has 0 radical (unpaired) electrons. The van der Waals surface area contributed by atoms with Gasteiger partial charge in [0, 0.05) is 50.3 Å². The minimum absolute atomic E-state index is 0.0232. The van der Waals surface area contributed by atoms with Crippen LogP contribution in [0.25, 0.3) is 0 Å². The number of carbonyl (C=O) groups excluding carboxylic acids is 1. The molecular formula is C21H28N4O4. The Morgan fingerprint density at radius 3 is 2.66 bits per heavy atom. The van der Waals surface area contributed by atoms with E-state index in [1.165, 1.54) is 6.08 Å². The second kappa shape index (κ2) is 8.82. The van der Waals surface area contributed by atoms with Crippen LogP contribution in [0.15, 0.2) is 36.2 Å². The number of hydrogen-bond donors (Lipinski definition) is 1. The highest BCUT2D eigenvalue weighted by molar-refractivity contribution is 5.80. The number of pyridine rings is 1. The monoisotopic (exact) mass is 400 g/mol. The lowest BCUT2D eigenvalue weighted by Crippen LogP contribution is -2.52. The molecule has 1 amide bonds. The molecule has 3 aliphatic heterocycles. The van der Waals surface area contributed by atoms with Crippen LogP contribution in [-0.4, -0.2) is 76.9 Å². The molecule has 3 saturated heterocycles. The molecule has 0 saturated carbocycles. The summed E-state index contributed by atoms with van der Waals surface area (Å²) in [5.41, 5.74) is 2.07. The molecule has 0 bridgehead atoms. The van der Waals surface area contributed by atoms with Crippen molar-refractivity contribution in [3.63, 3.8) is 0 Å². The van der Waals surface area contributed by atoms with E-state index in [2.05, 4.69) is 14.8 Å². The van der Waals surface area contributed by atoms with Gasteiger partial charge in [-0.05, 0) is 44.2 Å². The quantitative estimate of drug-likeness (QED) is 0.759. The highest BCUT2D eigenvalue weighted by atomic mass is 16.6. The smallest absolute Gasteiger partial charge is 0.411 e. The van der Waals surface area contributed by atoms with Crippen molar-refractivity contribution in [2.24, 2.45) is 0 Å². The Balaban J connectivity index is 1.36. The van der Waals surface area contributed by atoms with Gasteiger partial charge in [0.2, 0.25) is 0 Å². The Labute approximate surface area is 170 Å². The maximum Gasteiger partial charge on any atom is 0.411 e. The Morgan fingerprint density at radius 1 is 1.17 bits per heavy atom. The highest BCUT2D eigenvalue weighted by Crippen LogP contribution is 2.29. The summed E-state index contributed by atoms with van der Waals surface area (Å²) in [4.78, 5) is 34.0. The van der Waals surface area contributed by atoms with Crippen LogP contribution in [0.1, 0.15) is 32.1 Å². The molecule has 29 heavy (non-hydrogen) atoms. The first-order valence-corrected chi connectivity index (χ1v) is 10.4. The first-order chi connectivity index (χ1) is 14.1. The van der Waals surface area contributed by atoms with Crippen molar-refractivity contribution in [3.8, 4) is 0 Å². The first kappa shape index (κ1) is 19.7. The second-order valence-corrected chi connectivity index (χ2v) is 7.97. The van der Waals surface area contributed by atoms with Crippen molar-refractivity contribution in [2.45, 2.75) is 44.4 Å². The fourth-order valence-electron chi connectivity index (χ4n) is 4.58. The Kier molecular flexibility index (Phi) is 5.99. The largest absolute Gasteiger partial charge is 0.478 e. The van der Waals surface area contributed by atoms with Crippen LogP contribution in [0, 0.1) is 0 Å². The van der Waals surface area contributed by atoms with Gasteiger partial charge in [-0.1, -0.05) is 5.57 Å². The van der Waals surface area contributed by atoms with Gasteiger partial charge in [-0.15, -0.1) is 0 Å². The number of carboxylic acids is 1. The van der Waals surface area contributed by atoms with Gasteiger partial charge in [0.1, 0.15) is 12.3 Å². The number of hydrogen-bond acceptors (Lipinski definition) is 6. The molecule has 156 valence electrons. The first-order valence-electron chi connectivity index (χ1n) is 10.4. The number of likely N-dealkylation sites (tertiary alicyclic amines) is 1. The van der Waals surface area contributed by atoms with Crippen LogP contribution in [0.4, 0.5) is 10.5 Å². The van der Waals surface area contributed by atoms with Crippen LogP contribution in [-0.2, 0) is 9.53 Å². The van der Waals surface area contributed by atoms with Gasteiger partial charge in [-0.2, -0.15) is 0 Å². The Morgan fingerprint density at radius 2 is 1.93 bits per heavy atom. The summed E-state index contributed by atoms with van der Waals surface area (Å²) >= 11 is 0. The van der Waals surface area contributed by atoms with E-state index in [0.717, 1.165) is 63.0 Å². The molecule has 1 aromatic heterocycles. The number of aromatic nitrogens is 1. The molecule has 2 atom stereocenters. The Hall–Kier alpha value is -2.61. The zero-order valence-electron chi connectivity index (χ0n) is 16.6. The van der Waals surface area contributed by atoms with Crippen molar-refractivity contribution in [1.29, 1.82) is 0 Å². The zero-order chi connectivity index (χ0) is 20.2. The summed E-state index contributed by atoms with van der Waals surface area (Å²) in [5, 5.41) is 8.89. The number of ether oxygens (including phenoxy) is 1. The summed E-state index contributed by atoms with van der Waals surface area (Å²) in [6.45, 7) is 3.83. The van der Waals surface area contributed by atoms with E-state index < -0.39 is 5.97 Å². The number of anilines is 1. The molecule has 0 aliphatic carbocycles. The SMILES string of the molecule is O=C(O)C=C1CCN(CC2CN(C3CCCCN3c3ccncc3)C(=O)O2)CC1. The number of carbonyl (C=O) groups is 2. The highest BCUT2D eigenvalue weighted by Gasteiger charge is 2.40. The van der Waals surface area contributed by atoms with Gasteiger partial charge in [-0.3, -0.25) is 14.8 Å². The van der Waals surface area contributed by atoms with Crippen LogP contribution in [0.5, 0.6) is 0 Å². The predicted octanol–water partition coefficient (Wildman–Crippen LogP) is 2.33. The lowest BCUT2D eigenvalue weighted by atomic mass is 10.0. The minimum atomic E-state index is -0.875. The summed E-state index contributed by atoms with van der Waals surface area (Å²) in [7, 11) is 0.